The summed E-state index contributed by atoms with van der Waals surface area (Å²) in [5.41, 5.74) is 2.46. The van der Waals surface area contributed by atoms with E-state index in [4.69, 9.17) is 4.74 Å². The first-order valence-electron chi connectivity index (χ1n) is 8.31. The Kier molecular flexibility index (Phi) is 5.28. The second kappa shape index (κ2) is 7.79. The predicted octanol–water partition coefficient (Wildman–Crippen LogP) is 1.69. The molecule has 2 heterocycles. The second-order valence-corrected chi connectivity index (χ2v) is 6.07. The summed E-state index contributed by atoms with van der Waals surface area (Å²) in [6, 6.07) is 9.12. The van der Waals surface area contributed by atoms with Crippen molar-refractivity contribution in [1.29, 1.82) is 0 Å². The van der Waals surface area contributed by atoms with Gasteiger partial charge in [0, 0.05) is 18.9 Å². The van der Waals surface area contributed by atoms with Crippen molar-refractivity contribution < 1.29 is 14.3 Å². The molecule has 0 saturated carbocycles. The highest BCUT2D eigenvalue weighted by atomic mass is 16.5. The van der Waals surface area contributed by atoms with Crippen molar-refractivity contribution in [2.24, 2.45) is 0 Å². The minimum absolute atomic E-state index is 0.125. The number of carbonyl (C=O) groups excluding carboxylic acids is 2. The van der Waals surface area contributed by atoms with Gasteiger partial charge in [-0.2, -0.15) is 0 Å². The van der Waals surface area contributed by atoms with Gasteiger partial charge in [0.15, 0.2) is 0 Å². The molecule has 2 N–H and O–H groups in total. The smallest absolute Gasteiger partial charge is 0.253 e. The maximum atomic E-state index is 12.4. The van der Waals surface area contributed by atoms with Crippen LogP contribution in [0.5, 0.6) is 5.75 Å². The average Bonchev–Trinajstić information content (AvgIpc) is 2.64. The number of aromatic nitrogens is 1. The highest BCUT2D eigenvalue weighted by molar-refractivity contribution is 5.97. The van der Waals surface area contributed by atoms with E-state index < -0.39 is 6.04 Å². The summed E-state index contributed by atoms with van der Waals surface area (Å²) in [6.45, 7) is 0.669. The van der Waals surface area contributed by atoms with E-state index in [0.717, 1.165) is 23.3 Å². The monoisotopic (exact) mass is 339 g/mol. The number of hydrogen-bond donors (Lipinski definition) is 2. The molecule has 1 aliphatic rings. The third-order valence-electron chi connectivity index (χ3n) is 4.19. The van der Waals surface area contributed by atoms with E-state index in [0.29, 0.717) is 24.9 Å². The van der Waals surface area contributed by atoms with Crippen LogP contribution in [0.15, 0.2) is 42.7 Å². The number of rotatable bonds is 5. The Morgan fingerprint density at radius 3 is 3.00 bits per heavy atom. The van der Waals surface area contributed by atoms with E-state index >= 15 is 0 Å². The predicted molar refractivity (Wildman–Crippen MR) is 93.5 cm³/mol. The Balaban J connectivity index is 1.70. The summed E-state index contributed by atoms with van der Waals surface area (Å²) in [4.78, 5) is 28.4. The molecule has 0 spiro atoms. The largest absolute Gasteiger partial charge is 0.497 e. The summed E-state index contributed by atoms with van der Waals surface area (Å²) >= 11 is 0. The maximum absolute atomic E-state index is 12.4. The van der Waals surface area contributed by atoms with Crippen LogP contribution in [0.2, 0.25) is 0 Å². The zero-order valence-electron chi connectivity index (χ0n) is 14.1. The Morgan fingerprint density at radius 1 is 1.32 bits per heavy atom. The molecule has 6 nitrogen and oxygen atoms in total. The van der Waals surface area contributed by atoms with E-state index in [2.05, 4.69) is 15.6 Å². The molecule has 6 heteroatoms. The highest BCUT2D eigenvalue weighted by Gasteiger charge is 2.24. The Bertz CT molecular complexity index is 776. The molecule has 1 fully saturated rings. The molecule has 1 aromatic carbocycles. The summed E-state index contributed by atoms with van der Waals surface area (Å²) in [6.07, 6.45) is 5.43. The molecule has 130 valence electrons. The van der Waals surface area contributed by atoms with Gasteiger partial charge in [0.05, 0.1) is 12.7 Å². The summed E-state index contributed by atoms with van der Waals surface area (Å²) in [7, 11) is 1.63. The molecule has 2 aromatic rings. The number of piperidine rings is 1. The number of ether oxygens (including phenoxy) is 1. The van der Waals surface area contributed by atoms with E-state index in [1.54, 1.807) is 13.3 Å². The van der Waals surface area contributed by atoms with Gasteiger partial charge in [-0.1, -0.05) is 12.1 Å². The third kappa shape index (κ3) is 4.35. The number of carbonyl (C=O) groups is 2. The Hall–Kier alpha value is -2.89. The van der Waals surface area contributed by atoms with Crippen LogP contribution >= 0.6 is 0 Å². The van der Waals surface area contributed by atoms with Crippen LogP contribution in [-0.4, -0.2) is 36.5 Å². The van der Waals surface area contributed by atoms with Crippen molar-refractivity contribution in [3.05, 3.63) is 59.4 Å². The maximum Gasteiger partial charge on any atom is 0.253 e. The van der Waals surface area contributed by atoms with Crippen LogP contribution in [-0.2, 0) is 11.2 Å². The summed E-state index contributed by atoms with van der Waals surface area (Å²) < 4.78 is 5.23. The van der Waals surface area contributed by atoms with Crippen LogP contribution in [0, 0.1) is 0 Å². The minimum Gasteiger partial charge on any atom is -0.497 e. The molecule has 0 aliphatic carbocycles. The fourth-order valence-corrected chi connectivity index (χ4v) is 2.88. The number of nitrogens with zero attached hydrogens (tertiary/aromatic N) is 1. The van der Waals surface area contributed by atoms with Gasteiger partial charge in [-0.3, -0.25) is 14.6 Å². The fraction of sp³-hybridized carbons (Fsp3) is 0.316. The highest BCUT2D eigenvalue weighted by Crippen LogP contribution is 2.16. The van der Waals surface area contributed by atoms with Gasteiger partial charge in [-0.05, 0) is 48.6 Å². The molecule has 1 aliphatic heterocycles. The standard InChI is InChI=1S/C19H21N3O3/c1-25-16-5-2-4-13(10-16)8-14-9-15(12-20-11-14)18(23)22-17-6-3-7-21-19(17)24/h2,4-5,9-12,17H,3,6-8H2,1H3,(H,21,24)(H,22,23)/t17-/m0/s1. The van der Waals surface area contributed by atoms with Gasteiger partial charge < -0.3 is 15.4 Å². The molecule has 1 aromatic heterocycles. The van der Waals surface area contributed by atoms with Crippen molar-refractivity contribution in [2.45, 2.75) is 25.3 Å². The number of benzene rings is 1. The molecule has 1 atom stereocenters. The summed E-state index contributed by atoms with van der Waals surface area (Å²) in [5, 5.41) is 5.55. The minimum atomic E-state index is -0.469. The number of amides is 2. The van der Waals surface area contributed by atoms with Gasteiger partial charge in [0.1, 0.15) is 11.8 Å². The Morgan fingerprint density at radius 2 is 2.20 bits per heavy atom. The SMILES string of the molecule is COc1cccc(Cc2cncc(C(=O)N[C@H]3CCCNC3=O)c2)c1. The van der Waals surface area contributed by atoms with Gasteiger partial charge in [-0.15, -0.1) is 0 Å². The topological polar surface area (TPSA) is 80.3 Å². The van der Waals surface area contributed by atoms with Crippen molar-refractivity contribution >= 4 is 11.8 Å². The third-order valence-corrected chi connectivity index (χ3v) is 4.19. The van der Waals surface area contributed by atoms with Crippen molar-refractivity contribution in [3.8, 4) is 5.75 Å². The van der Waals surface area contributed by atoms with E-state index in [-0.39, 0.29) is 11.8 Å². The lowest BCUT2D eigenvalue weighted by Crippen LogP contribution is -2.50. The fourth-order valence-electron chi connectivity index (χ4n) is 2.88. The number of pyridine rings is 1. The molecule has 2 amide bonds. The zero-order chi connectivity index (χ0) is 17.6. The molecule has 0 radical (unpaired) electrons. The van der Waals surface area contributed by atoms with Gasteiger partial charge >= 0.3 is 0 Å². The molecule has 0 bridgehead atoms. The first kappa shape index (κ1) is 17.0. The quantitative estimate of drug-likeness (QED) is 0.869. The van der Waals surface area contributed by atoms with Gasteiger partial charge in [0.25, 0.3) is 5.91 Å². The summed E-state index contributed by atoms with van der Waals surface area (Å²) in [5.74, 6) is 0.393. The van der Waals surface area contributed by atoms with Gasteiger partial charge in [-0.25, -0.2) is 0 Å². The zero-order valence-corrected chi connectivity index (χ0v) is 14.1. The molecule has 0 unspecified atom stereocenters. The first-order chi connectivity index (χ1) is 12.2. The molecular weight excluding hydrogens is 318 g/mol. The average molecular weight is 339 g/mol. The number of nitrogens with one attached hydrogen (secondary N) is 2. The number of hydrogen-bond acceptors (Lipinski definition) is 4. The van der Waals surface area contributed by atoms with Crippen LogP contribution in [0.4, 0.5) is 0 Å². The molecule has 25 heavy (non-hydrogen) atoms. The normalized spacial score (nSPS) is 16.8. The van der Waals surface area contributed by atoms with Crippen LogP contribution in [0.1, 0.15) is 34.3 Å². The van der Waals surface area contributed by atoms with E-state index in [1.807, 2.05) is 30.3 Å². The van der Waals surface area contributed by atoms with E-state index in [1.165, 1.54) is 6.20 Å². The molecule has 3 rings (SSSR count). The van der Waals surface area contributed by atoms with Crippen molar-refractivity contribution in [2.75, 3.05) is 13.7 Å². The lowest BCUT2D eigenvalue weighted by molar-refractivity contribution is -0.124. The van der Waals surface area contributed by atoms with Crippen molar-refractivity contribution in [3.63, 3.8) is 0 Å². The van der Waals surface area contributed by atoms with Crippen LogP contribution < -0.4 is 15.4 Å². The molecule has 1 saturated heterocycles. The van der Waals surface area contributed by atoms with Crippen molar-refractivity contribution in [1.82, 2.24) is 15.6 Å². The van der Waals surface area contributed by atoms with Gasteiger partial charge in [0.2, 0.25) is 5.91 Å². The number of methoxy groups -OCH3 is 1. The molecular formula is C19H21N3O3. The lowest BCUT2D eigenvalue weighted by atomic mass is 10.0. The second-order valence-electron chi connectivity index (χ2n) is 6.07. The Labute approximate surface area is 146 Å². The first-order valence-corrected chi connectivity index (χ1v) is 8.31. The van der Waals surface area contributed by atoms with E-state index in [9.17, 15) is 9.59 Å². The van der Waals surface area contributed by atoms with Crippen LogP contribution in [0.25, 0.3) is 0 Å². The van der Waals surface area contributed by atoms with Crippen LogP contribution in [0.3, 0.4) is 0 Å². The lowest BCUT2D eigenvalue weighted by Gasteiger charge is -2.22.